The Hall–Kier alpha value is -2.51. The van der Waals surface area contributed by atoms with Gasteiger partial charge in [-0.1, -0.05) is 30.3 Å². The number of methoxy groups -OCH3 is 2. The predicted molar refractivity (Wildman–Crippen MR) is 81.2 cm³/mol. The van der Waals surface area contributed by atoms with Crippen LogP contribution in [0.2, 0.25) is 0 Å². The summed E-state index contributed by atoms with van der Waals surface area (Å²) in [7, 11) is 3.20. The molecular weight excluding hydrogens is 264 g/mol. The molecule has 0 aliphatic rings. The van der Waals surface area contributed by atoms with Gasteiger partial charge in [0.2, 0.25) is 0 Å². The molecule has 0 amide bonds. The molecule has 2 aromatic rings. The van der Waals surface area contributed by atoms with E-state index in [1.807, 2.05) is 48.5 Å². The standard InChI is InChI=1S/C17H18N2O2/c1-20-14-8-9-17(21-2)15(10-14)16(11-18)19-12-13-6-4-3-5-7-13/h3-10,16,19H,12H2,1-2H3. The fourth-order valence-electron chi connectivity index (χ4n) is 2.11. The van der Waals surface area contributed by atoms with Crippen LogP contribution in [-0.4, -0.2) is 14.2 Å². The summed E-state index contributed by atoms with van der Waals surface area (Å²) in [6.07, 6.45) is 0. The highest BCUT2D eigenvalue weighted by Crippen LogP contribution is 2.29. The Labute approximate surface area is 124 Å². The van der Waals surface area contributed by atoms with E-state index in [-0.39, 0.29) is 0 Å². The second kappa shape index (κ2) is 7.32. The summed E-state index contributed by atoms with van der Waals surface area (Å²) >= 11 is 0. The van der Waals surface area contributed by atoms with Crippen molar-refractivity contribution in [2.24, 2.45) is 0 Å². The Morgan fingerprint density at radius 1 is 1.10 bits per heavy atom. The van der Waals surface area contributed by atoms with Crippen LogP contribution in [-0.2, 0) is 6.54 Å². The summed E-state index contributed by atoms with van der Waals surface area (Å²) in [4.78, 5) is 0. The number of nitrogens with one attached hydrogen (secondary N) is 1. The van der Waals surface area contributed by atoms with Gasteiger partial charge >= 0.3 is 0 Å². The molecule has 108 valence electrons. The van der Waals surface area contributed by atoms with Crippen molar-refractivity contribution >= 4 is 0 Å². The molecular formula is C17H18N2O2. The van der Waals surface area contributed by atoms with Gasteiger partial charge in [-0.3, -0.25) is 5.32 Å². The second-order valence-electron chi connectivity index (χ2n) is 4.54. The molecule has 0 fully saturated rings. The van der Waals surface area contributed by atoms with E-state index in [0.717, 1.165) is 11.1 Å². The van der Waals surface area contributed by atoms with Gasteiger partial charge in [0, 0.05) is 12.1 Å². The summed E-state index contributed by atoms with van der Waals surface area (Å²) in [5.41, 5.74) is 1.90. The number of ether oxygens (including phenoxy) is 2. The Morgan fingerprint density at radius 3 is 2.48 bits per heavy atom. The molecule has 1 unspecified atom stereocenters. The second-order valence-corrected chi connectivity index (χ2v) is 4.54. The molecule has 0 saturated carbocycles. The summed E-state index contributed by atoms with van der Waals surface area (Å²) in [5.74, 6) is 1.37. The van der Waals surface area contributed by atoms with E-state index in [2.05, 4.69) is 11.4 Å². The van der Waals surface area contributed by atoms with Crippen LogP contribution < -0.4 is 14.8 Å². The van der Waals surface area contributed by atoms with E-state index in [9.17, 15) is 5.26 Å². The summed E-state index contributed by atoms with van der Waals surface area (Å²) in [6.45, 7) is 0.611. The first-order valence-electron chi connectivity index (χ1n) is 6.67. The lowest BCUT2D eigenvalue weighted by molar-refractivity contribution is 0.394. The maximum Gasteiger partial charge on any atom is 0.125 e. The fourth-order valence-corrected chi connectivity index (χ4v) is 2.11. The molecule has 1 N–H and O–H groups in total. The third-order valence-electron chi connectivity index (χ3n) is 3.23. The first kappa shape index (κ1) is 14.9. The summed E-state index contributed by atoms with van der Waals surface area (Å²) < 4.78 is 10.6. The third-order valence-corrected chi connectivity index (χ3v) is 3.23. The van der Waals surface area contributed by atoms with Crippen LogP contribution in [0.25, 0.3) is 0 Å². The molecule has 4 heteroatoms. The molecule has 0 bridgehead atoms. The molecule has 4 nitrogen and oxygen atoms in total. The number of benzene rings is 2. The van der Waals surface area contributed by atoms with Crippen molar-refractivity contribution in [3.8, 4) is 17.6 Å². The molecule has 2 aromatic carbocycles. The zero-order valence-electron chi connectivity index (χ0n) is 12.2. The highest BCUT2D eigenvalue weighted by Gasteiger charge is 2.16. The molecule has 0 heterocycles. The van der Waals surface area contributed by atoms with Gasteiger partial charge in [0.25, 0.3) is 0 Å². The summed E-state index contributed by atoms with van der Waals surface area (Å²) in [5, 5.41) is 12.7. The smallest absolute Gasteiger partial charge is 0.125 e. The molecule has 0 aromatic heterocycles. The van der Waals surface area contributed by atoms with Crippen LogP contribution in [0.15, 0.2) is 48.5 Å². The lowest BCUT2D eigenvalue weighted by atomic mass is 10.1. The number of nitriles is 1. The monoisotopic (exact) mass is 282 g/mol. The van der Waals surface area contributed by atoms with Crippen LogP contribution in [0, 0.1) is 11.3 Å². The maximum atomic E-state index is 9.43. The predicted octanol–water partition coefficient (Wildman–Crippen LogP) is 3.06. The minimum Gasteiger partial charge on any atom is -0.497 e. The summed E-state index contributed by atoms with van der Waals surface area (Å²) in [6, 6.07) is 17.2. The number of hydrogen-bond acceptors (Lipinski definition) is 4. The Morgan fingerprint density at radius 2 is 1.86 bits per heavy atom. The van der Waals surface area contributed by atoms with E-state index in [4.69, 9.17) is 9.47 Å². The van der Waals surface area contributed by atoms with E-state index < -0.39 is 6.04 Å². The van der Waals surface area contributed by atoms with Crippen molar-refractivity contribution in [3.05, 3.63) is 59.7 Å². The van der Waals surface area contributed by atoms with Gasteiger partial charge in [0.15, 0.2) is 0 Å². The topological polar surface area (TPSA) is 54.3 Å². The van der Waals surface area contributed by atoms with Crippen LogP contribution in [0.4, 0.5) is 0 Å². The van der Waals surface area contributed by atoms with E-state index >= 15 is 0 Å². The highest BCUT2D eigenvalue weighted by atomic mass is 16.5. The largest absolute Gasteiger partial charge is 0.497 e. The van der Waals surface area contributed by atoms with Gasteiger partial charge in [-0.25, -0.2) is 0 Å². The first-order chi connectivity index (χ1) is 10.3. The van der Waals surface area contributed by atoms with Gasteiger partial charge < -0.3 is 9.47 Å². The van der Waals surface area contributed by atoms with Crippen LogP contribution >= 0.6 is 0 Å². The molecule has 0 saturated heterocycles. The Kier molecular flexibility index (Phi) is 5.19. The van der Waals surface area contributed by atoms with E-state index in [1.54, 1.807) is 14.2 Å². The average Bonchev–Trinajstić information content (AvgIpc) is 2.56. The maximum absolute atomic E-state index is 9.43. The molecule has 2 rings (SSSR count). The zero-order valence-corrected chi connectivity index (χ0v) is 12.2. The lowest BCUT2D eigenvalue weighted by Gasteiger charge is -2.16. The quantitative estimate of drug-likeness (QED) is 0.884. The van der Waals surface area contributed by atoms with Crippen molar-refractivity contribution in [1.29, 1.82) is 5.26 Å². The Bertz CT molecular complexity index is 620. The number of hydrogen-bond donors (Lipinski definition) is 1. The van der Waals surface area contributed by atoms with Crippen LogP contribution in [0.3, 0.4) is 0 Å². The first-order valence-corrected chi connectivity index (χ1v) is 6.67. The van der Waals surface area contributed by atoms with Crippen molar-refractivity contribution in [3.63, 3.8) is 0 Å². The van der Waals surface area contributed by atoms with Crippen molar-refractivity contribution < 1.29 is 9.47 Å². The minimum atomic E-state index is -0.463. The van der Waals surface area contributed by atoms with Crippen molar-refractivity contribution in [2.75, 3.05) is 14.2 Å². The molecule has 21 heavy (non-hydrogen) atoms. The minimum absolute atomic E-state index is 0.463. The van der Waals surface area contributed by atoms with E-state index in [0.29, 0.717) is 18.0 Å². The fraction of sp³-hybridized carbons (Fsp3) is 0.235. The third kappa shape index (κ3) is 3.74. The number of rotatable bonds is 6. The van der Waals surface area contributed by atoms with Gasteiger partial charge in [-0.15, -0.1) is 0 Å². The number of nitrogens with zero attached hydrogens (tertiary/aromatic N) is 1. The van der Waals surface area contributed by atoms with Gasteiger partial charge in [-0.2, -0.15) is 5.26 Å². The van der Waals surface area contributed by atoms with Gasteiger partial charge in [0.05, 0.1) is 20.3 Å². The van der Waals surface area contributed by atoms with Gasteiger partial charge in [0.1, 0.15) is 17.5 Å². The molecule has 1 atom stereocenters. The normalized spacial score (nSPS) is 11.5. The Balaban J connectivity index is 2.19. The van der Waals surface area contributed by atoms with Crippen molar-refractivity contribution in [1.82, 2.24) is 5.32 Å². The SMILES string of the molecule is COc1ccc(OC)c(C(C#N)NCc2ccccc2)c1. The van der Waals surface area contributed by atoms with Crippen LogP contribution in [0.5, 0.6) is 11.5 Å². The molecule has 0 aliphatic heterocycles. The molecule has 0 radical (unpaired) electrons. The zero-order chi connectivity index (χ0) is 15.1. The van der Waals surface area contributed by atoms with E-state index in [1.165, 1.54) is 0 Å². The van der Waals surface area contributed by atoms with Gasteiger partial charge in [-0.05, 0) is 23.8 Å². The highest BCUT2D eigenvalue weighted by molar-refractivity contribution is 5.44. The average molecular weight is 282 g/mol. The molecule has 0 aliphatic carbocycles. The lowest BCUT2D eigenvalue weighted by Crippen LogP contribution is -2.20. The van der Waals surface area contributed by atoms with Crippen molar-refractivity contribution in [2.45, 2.75) is 12.6 Å². The molecule has 0 spiro atoms. The van der Waals surface area contributed by atoms with Crippen LogP contribution in [0.1, 0.15) is 17.2 Å².